The van der Waals surface area contributed by atoms with E-state index in [1.54, 1.807) is 0 Å². The second kappa shape index (κ2) is 73.2. The Kier molecular flexibility index (Phi) is 70.6. The van der Waals surface area contributed by atoms with Gasteiger partial charge >= 0.3 is 61.6 Å². The third-order valence-electron chi connectivity index (χ3n) is 19.0. The van der Waals surface area contributed by atoms with Gasteiger partial charge in [0.05, 0.1) is 58.5 Å². The van der Waals surface area contributed by atoms with Gasteiger partial charge in [-0.05, 0) is 165 Å². The first-order valence-corrected chi connectivity index (χ1v) is 44.9. The van der Waals surface area contributed by atoms with E-state index >= 15 is 0 Å². The second-order valence-corrected chi connectivity index (χ2v) is 31.4. The molecule has 0 N–H and O–H groups in total. The van der Waals surface area contributed by atoms with Crippen LogP contribution in [0, 0.1) is 0 Å². The molecule has 0 heterocycles. The second-order valence-electron chi connectivity index (χ2n) is 28.6. The number of unbranched alkanes of at least 4 members (excludes halogenated alkanes) is 48. The predicted molar refractivity (Wildman–Crippen MR) is 434 cm³/mol. The number of benzene rings is 2. The van der Waals surface area contributed by atoms with Crippen molar-refractivity contribution >= 4 is 81.9 Å². The van der Waals surface area contributed by atoms with Crippen molar-refractivity contribution < 1.29 is 64.1 Å². The Morgan fingerprint density at radius 2 is 0.419 bits per heavy atom. The molecule has 105 heavy (non-hydrogen) atoms. The van der Waals surface area contributed by atoms with E-state index in [-0.39, 0.29) is 86.4 Å². The third kappa shape index (κ3) is 60.8. The van der Waals surface area contributed by atoms with Crippen LogP contribution in [0.3, 0.4) is 0 Å². The SMILES string of the molecule is CCCCCCCCCC/C=C/CCCCCCOC(=O)c1ccc(S(=O)(=O)[O-])cc1C(=O)OCCCCCC/C=C/CCCCCCCCCC.CCCCCCCCCC/C=C/CCCCCCOC(=O)c1ccc(S(=O)(=O)[O-])cc1C(=O)OCCCCCC/C=C/CCCCCCCCCC.[Ca+2]. The average molecular weight is 1530 g/mol. The van der Waals surface area contributed by atoms with Gasteiger partial charge in [0.25, 0.3) is 0 Å². The predicted octanol–water partition coefficient (Wildman–Crippen LogP) is 25.6. The van der Waals surface area contributed by atoms with Crippen LogP contribution in [0.5, 0.6) is 0 Å². The summed E-state index contributed by atoms with van der Waals surface area (Å²) in [4.78, 5) is 50.3. The number of ether oxygens (including phenoxy) is 4. The minimum Gasteiger partial charge on any atom is -0.744 e. The smallest absolute Gasteiger partial charge is 0.744 e. The molecule has 17 heteroatoms. The fourth-order valence-electron chi connectivity index (χ4n) is 12.4. The zero-order valence-corrected chi connectivity index (χ0v) is 70.6. The van der Waals surface area contributed by atoms with Crippen LogP contribution in [0.4, 0.5) is 0 Å². The van der Waals surface area contributed by atoms with E-state index in [0.29, 0.717) is 25.7 Å². The molecule has 2 aromatic carbocycles. The number of allylic oxidation sites excluding steroid dienone is 8. The van der Waals surface area contributed by atoms with Gasteiger partial charge in [-0.25, -0.2) is 36.0 Å². The van der Waals surface area contributed by atoms with Gasteiger partial charge in [-0.15, -0.1) is 0 Å². The normalized spacial score (nSPS) is 11.8. The molecule has 0 atom stereocenters. The number of carbonyl (C=O) groups excluding carboxylic acids is 4. The Morgan fingerprint density at radius 1 is 0.257 bits per heavy atom. The van der Waals surface area contributed by atoms with Crippen molar-refractivity contribution in [2.24, 2.45) is 0 Å². The minimum atomic E-state index is -4.82. The van der Waals surface area contributed by atoms with Crippen molar-refractivity contribution in [1.82, 2.24) is 0 Å². The van der Waals surface area contributed by atoms with Gasteiger partial charge in [0.15, 0.2) is 0 Å². The number of hydrogen-bond acceptors (Lipinski definition) is 14. The molecule has 596 valence electrons. The Morgan fingerprint density at radius 3 is 0.600 bits per heavy atom. The molecule has 0 aliphatic rings. The summed E-state index contributed by atoms with van der Waals surface area (Å²) in [6, 6.07) is 6.22. The van der Waals surface area contributed by atoms with Crippen LogP contribution < -0.4 is 0 Å². The maximum atomic E-state index is 12.9. The summed E-state index contributed by atoms with van der Waals surface area (Å²) in [5, 5.41) is 0. The molecule has 0 amide bonds. The topological polar surface area (TPSA) is 220 Å². The van der Waals surface area contributed by atoms with E-state index in [1.807, 2.05) is 0 Å². The molecule has 14 nitrogen and oxygen atoms in total. The van der Waals surface area contributed by atoms with Crippen molar-refractivity contribution in [2.45, 2.75) is 397 Å². The van der Waals surface area contributed by atoms with E-state index in [9.17, 15) is 45.1 Å². The number of esters is 4. The maximum absolute atomic E-state index is 12.9. The van der Waals surface area contributed by atoms with Gasteiger partial charge in [-0.1, -0.05) is 307 Å². The van der Waals surface area contributed by atoms with Gasteiger partial charge in [0.2, 0.25) is 0 Å². The third-order valence-corrected chi connectivity index (χ3v) is 20.7. The van der Waals surface area contributed by atoms with Crippen molar-refractivity contribution in [3.05, 3.63) is 107 Å². The fraction of sp³-hybridized carbons (Fsp3) is 0.727. The van der Waals surface area contributed by atoms with E-state index in [4.69, 9.17) is 18.9 Å². The van der Waals surface area contributed by atoms with Crippen molar-refractivity contribution in [3.63, 3.8) is 0 Å². The van der Waals surface area contributed by atoms with Gasteiger partial charge in [0.1, 0.15) is 20.2 Å². The van der Waals surface area contributed by atoms with E-state index in [1.165, 1.54) is 205 Å². The molecule has 2 aromatic rings. The summed E-state index contributed by atoms with van der Waals surface area (Å²) in [6.45, 7) is 9.67. The molecule has 2 rings (SSSR count). The summed E-state index contributed by atoms with van der Waals surface area (Å²) < 4.78 is 91.3. The average Bonchev–Trinajstić information content (AvgIpc) is 0.816. The van der Waals surface area contributed by atoms with Crippen LogP contribution in [0.25, 0.3) is 0 Å². The van der Waals surface area contributed by atoms with Crippen LogP contribution in [0.1, 0.15) is 429 Å². The van der Waals surface area contributed by atoms with Crippen LogP contribution >= 0.6 is 0 Å². The Labute approximate surface area is 671 Å². The summed E-state index contributed by atoms with van der Waals surface area (Å²) in [5.74, 6) is -3.14. The zero-order valence-electron chi connectivity index (χ0n) is 66.7. The van der Waals surface area contributed by atoms with Crippen LogP contribution in [0.2, 0.25) is 0 Å². The van der Waals surface area contributed by atoms with Crippen molar-refractivity contribution in [1.29, 1.82) is 0 Å². The number of rotatable bonds is 70. The summed E-state index contributed by atoms with van der Waals surface area (Å²) in [7, 11) is -9.64. The van der Waals surface area contributed by atoms with Crippen molar-refractivity contribution in [2.75, 3.05) is 26.4 Å². The first-order chi connectivity index (χ1) is 50.6. The molecule has 0 aliphatic carbocycles. The van der Waals surface area contributed by atoms with Gasteiger partial charge in [-0.3, -0.25) is 0 Å². The molecule has 0 saturated heterocycles. The molecule has 0 radical (unpaired) electrons. The first-order valence-electron chi connectivity index (χ1n) is 42.1. The van der Waals surface area contributed by atoms with Crippen LogP contribution in [-0.2, 0) is 39.2 Å². The molecule has 0 aromatic heterocycles. The maximum Gasteiger partial charge on any atom is 2.00 e. The first kappa shape index (κ1) is 101. The van der Waals surface area contributed by atoms with Gasteiger partial charge in [0, 0.05) is 0 Å². The molecule has 0 saturated carbocycles. The summed E-state index contributed by atoms with van der Waals surface area (Å²) >= 11 is 0. The number of carbonyl (C=O) groups is 4. The van der Waals surface area contributed by atoms with Crippen LogP contribution in [-0.4, -0.2) is 114 Å². The van der Waals surface area contributed by atoms with E-state index in [2.05, 4.69) is 76.3 Å². The molecular formula is C88H146CaO14S2. The molecule has 0 fully saturated rings. The zero-order chi connectivity index (χ0) is 75.9. The molecule has 0 bridgehead atoms. The standard InChI is InChI=1S/2C44H74O7S.Ca/c2*1-3-5-7-9-11-13-15-17-19-21-23-25-27-29-31-33-37-50-43(45)41-36-35-40(52(47,48)49)39-42(41)44(46)51-38-34-32-30-28-26-24-22-20-18-16-14-12-10-8-6-4-2;/h2*21-24,35-36,39H,3-20,25-34,37-38H2,1-2H3,(H,47,48,49);/q;;+2/p-2/b2*23-21+,24-22+;. The monoisotopic (exact) mass is 1530 g/mol. The van der Waals surface area contributed by atoms with E-state index < -0.39 is 53.9 Å². The quantitative estimate of drug-likeness (QED) is 0.0150. The molecule has 0 spiro atoms. The largest absolute Gasteiger partial charge is 2.00 e. The summed E-state index contributed by atoms with van der Waals surface area (Å²) in [6.07, 6.45) is 84.4. The molecule has 0 aliphatic heterocycles. The Hall–Kier alpha value is -3.64. The van der Waals surface area contributed by atoms with Gasteiger partial charge in [-0.2, -0.15) is 0 Å². The Bertz CT molecular complexity index is 2610. The minimum absolute atomic E-state index is 0. The van der Waals surface area contributed by atoms with E-state index in [0.717, 1.165) is 165 Å². The molecular weight excluding hydrogens is 1390 g/mol. The van der Waals surface area contributed by atoms with Crippen LogP contribution in [0.15, 0.2) is 94.8 Å². The van der Waals surface area contributed by atoms with Gasteiger partial charge < -0.3 is 28.1 Å². The fourth-order valence-corrected chi connectivity index (χ4v) is 13.4. The van der Waals surface area contributed by atoms with Crippen molar-refractivity contribution in [3.8, 4) is 0 Å². The summed E-state index contributed by atoms with van der Waals surface area (Å²) in [5.41, 5.74) is -0.722. The number of hydrogen-bond donors (Lipinski definition) is 0. The molecule has 0 unspecified atom stereocenters. The Balaban J connectivity index is 0.00000204.